The van der Waals surface area contributed by atoms with Gasteiger partial charge in [0.15, 0.2) is 11.9 Å². The predicted octanol–water partition coefficient (Wildman–Crippen LogP) is 5.62. The summed E-state index contributed by atoms with van der Waals surface area (Å²) in [7, 11) is -3.63. The number of rotatable bonds is 13. The molecule has 5 aromatic rings. The molecule has 1 atom stereocenters. The van der Waals surface area contributed by atoms with Crippen molar-refractivity contribution in [3.8, 4) is 22.4 Å². The minimum Gasteiger partial charge on any atom is -0.345 e. The Hall–Kier alpha value is -4.66. The maximum atomic E-state index is 14.5. The SMILES string of the molecule is CCOP(=O)(OCC)C(Cl)C(=O)Nc1cnc2c(c1C=O)c(-c1ccc(C(=O)N(C)C)cc1)c(-c1cnn(C)c1)n2S(=O)(=O)c1ccccc1. The third-order valence-corrected chi connectivity index (χ3v) is 12.2. The van der Waals surface area contributed by atoms with Crippen LogP contribution in [0.25, 0.3) is 33.4 Å². The highest BCUT2D eigenvalue weighted by atomic mass is 35.5. The number of anilines is 1. The summed E-state index contributed by atoms with van der Waals surface area (Å²) in [5.74, 6) is -1.26. The molecule has 50 heavy (non-hydrogen) atoms. The Kier molecular flexibility index (Phi) is 10.7. The molecule has 0 fully saturated rings. The second-order valence-corrected chi connectivity index (χ2v) is 15.7. The summed E-state index contributed by atoms with van der Waals surface area (Å²) in [6.45, 7) is 3.02. The second-order valence-electron chi connectivity index (χ2n) is 11.1. The first kappa shape index (κ1) is 36.6. The fraction of sp³-hybridized carbons (Fsp3) is 0.242. The Morgan fingerprint density at radius 3 is 2.20 bits per heavy atom. The van der Waals surface area contributed by atoms with E-state index < -0.39 is 28.6 Å². The van der Waals surface area contributed by atoms with E-state index in [1.165, 1.54) is 27.9 Å². The lowest BCUT2D eigenvalue weighted by Gasteiger charge is -2.21. The summed E-state index contributed by atoms with van der Waals surface area (Å²) in [4.78, 5) is 45.0. The van der Waals surface area contributed by atoms with E-state index in [-0.39, 0.29) is 57.6 Å². The molecule has 0 radical (unpaired) electrons. The summed E-state index contributed by atoms with van der Waals surface area (Å²) in [5, 5.41) is 5.04. The van der Waals surface area contributed by atoms with Crippen molar-refractivity contribution in [2.45, 2.75) is 23.9 Å². The van der Waals surface area contributed by atoms with Crippen molar-refractivity contribution in [1.82, 2.24) is 23.6 Å². The van der Waals surface area contributed by atoms with E-state index in [4.69, 9.17) is 20.6 Å². The molecular formula is C33H34ClN6O8PS. The molecule has 0 saturated heterocycles. The van der Waals surface area contributed by atoms with Gasteiger partial charge in [-0.1, -0.05) is 41.9 Å². The lowest BCUT2D eigenvalue weighted by Crippen LogP contribution is -2.26. The zero-order chi connectivity index (χ0) is 36.4. The van der Waals surface area contributed by atoms with Gasteiger partial charge in [0.25, 0.3) is 21.8 Å². The lowest BCUT2D eigenvalue weighted by molar-refractivity contribution is -0.114. The smallest absolute Gasteiger partial charge is 0.345 e. The van der Waals surface area contributed by atoms with Crippen molar-refractivity contribution in [2.75, 3.05) is 32.6 Å². The van der Waals surface area contributed by atoms with Gasteiger partial charge in [0.1, 0.15) is 0 Å². The van der Waals surface area contributed by atoms with Crippen LogP contribution in [0, 0.1) is 0 Å². The molecule has 0 aliphatic rings. The molecule has 0 aliphatic heterocycles. The number of aryl methyl sites for hydroxylation is 1. The number of fused-ring (bicyclic) bond motifs is 1. The molecule has 14 nitrogen and oxygen atoms in total. The number of nitrogens with one attached hydrogen (secondary N) is 1. The van der Waals surface area contributed by atoms with Gasteiger partial charge in [0.2, 0.25) is 5.12 Å². The number of halogens is 1. The van der Waals surface area contributed by atoms with Crippen molar-refractivity contribution in [1.29, 1.82) is 0 Å². The van der Waals surface area contributed by atoms with E-state index in [2.05, 4.69) is 15.4 Å². The Morgan fingerprint density at radius 2 is 1.66 bits per heavy atom. The van der Waals surface area contributed by atoms with Crippen LogP contribution in [0.1, 0.15) is 34.6 Å². The summed E-state index contributed by atoms with van der Waals surface area (Å²) in [5.41, 5.74) is 1.10. The molecular weight excluding hydrogens is 707 g/mol. The van der Waals surface area contributed by atoms with Crippen molar-refractivity contribution in [3.05, 3.63) is 84.3 Å². The highest BCUT2D eigenvalue weighted by Gasteiger charge is 2.40. The minimum absolute atomic E-state index is 0.0519. The number of benzene rings is 2. The number of aldehydes is 1. The number of hydrogen-bond acceptors (Lipinski definition) is 10. The number of hydrogen-bond donors (Lipinski definition) is 1. The van der Waals surface area contributed by atoms with Crippen LogP contribution < -0.4 is 5.32 Å². The van der Waals surface area contributed by atoms with Crippen molar-refractivity contribution < 1.29 is 36.4 Å². The monoisotopic (exact) mass is 740 g/mol. The zero-order valence-electron chi connectivity index (χ0n) is 27.7. The molecule has 17 heteroatoms. The Labute approximate surface area is 293 Å². The van der Waals surface area contributed by atoms with E-state index in [0.717, 1.165) is 10.2 Å². The van der Waals surface area contributed by atoms with Gasteiger partial charge < -0.3 is 19.3 Å². The quantitative estimate of drug-likeness (QED) is 0.0907. The maximum absolute atomic E-state index is 14.5. The molecule has 2 amide bonds. The molecule has 262 valence electrons. The van der Waals surface area contributed by atoms with Gasteiger partial charge in [-0.25, -0.2) is 17.4 Å². The molecule has 1 unspecified atom stereocenters. The third kappa shape index (κ3) is 6.74. The minimum atomic E-state index is -4.40. The van der Waals surface area contributed by atoms with E-state index in [9.17, 15) is 27.4 Å². The molecule has 3 heterocycles. The first-order chi connectivity index (χ1) is 23.8. The lowest BCUT2D eigenvalue weighted by atomic mass is 9.96. The molecule has 0 bridgehead atoms. The highest BCUT2D eigenvalue weighted by Crippen LogP contribution is 2.55. The zero-order valence-corrected chi connectivity index (χ0v) is 30.2. The number of alkyl halides is 1. The van der Waals surface area contributed by atoms with E-state index >= 15 is 0 Å². The van der Waals surface area contributed by atoms with E-state index in [1.54, 1.807) is 83.7 Å². The molecule has 2 aromatic carbocycles. The first-order valence-electron chi connectivity index (χ1n) is 15.3. The summed E-state index contributed by atoms with van der Waals surface area (Å²) in [6.07, 6.45) is 4.65. The number of amides is 2. The average Bonchev–Trinajstić information content (AvgIpc) is 3.69. The number of aromatic nitrogens is 4. The van der Waals surface area contributed by atoms with Crippen LogP contribution in [-0.2, 0) is 35.5 Å². The fourth-order valence-electron chi connectivity index (χ4n) is 5.38. The average molecular weight is 741 g/mol. The van der Waals surface area contributed by atoms with Crippen molar-refractivity contribution >= 4 is 64.0 Å². The van der Waals surface area contributed by atoms with Gasteiger partial charge in [-0.05, 0) is 43.7 Å². The van der Waals surface area contributed by atoms with Crippen LogP contribution in [0.2, 0.25) is 0 Å². The standard InChI is InChI=1S/C33H34ClN6O8PS/c1-6-47-49(44,48-7-2)30(34)32(42)37-26-18-35-31-28(25(26)20-41)27(21-13-15-22(16-14-21)33(43)38(3)4)29(23-17-36-39(5)19-23)40(31)50(45,46)24-11-9-8-10-12-24/h8-20,30H,6-7H2,1-5H3,(H,37,42). The van der Waals surface area contributed by atoms with Crippen molar-refractivity contribution in [3.63, 3.8) is 0 Å². The van der Waals surface area contributed by atoms with Crippen LogP contribution in [0.15, 0.2) is 78.1 Å². The summed E-state index contributed by atoms with van der Waals surface area (Å²) >= 11 is 6.33. The van der Waals surface area contributed by atoms with Gasteiger partial charge in [-0.3, -0.25) is 23.6 Å². The summed E-state index contributed by atoms with van der Waals surface area (Å²) in [6, 6.07) is 14.1. The predicted molar refractivity (Wildman–Crippen MR) is 189 cm³/mol. The highest BCUT2D eigenvalue weighted by molar-refractivity contribution is 7.90. The molecule has 5 rings (SSSR count). The van der Waals surface area contributed by atoms with Gasteiger partial charge in [0.05, 0.1) is 47.4 Å². The van der Waals surface area contributed by atoms with Crippen molar-refractivity contribution in [2.24, 2.45) is 7.05 Å². The molecule has 0 saturated carbocycles. The van der Waals surface area contributed by atoms with Gasteiger partial charge in [0, 0.05) is 49.4 Å². The second kappa shape index (κ2) is 14.7. The Bertz CT molecular complexity index is 2230. The van der Waals surface area contributed by atoms with E-state index in [0.29, 0.717) is 23.0 Å². The topological polar surface area (TPSA) is 172 Å². The van der Waals surface area contributed by atoms with Gasteiger partial charge in [-0.2, -0.15) is 5.10 Å². The van der Waals surface area contributed by atoms with E-state index in [1.807, 2.05) is 0 Å². The van der Waals surface area contributed by atoms with Crippen LogP contribution in [0.3, 0.4) is 0 Å². The summed E-state index contributed by atoms with van der Waals surface area (Å²) < 4.78 is 55.3. The number of carbonyl (C=O) groups is 3. The van der Waals surface area contributed by atoms with Gasteiger partial charge in [-0.15, -0.1) is 0 Å². The van der Waals surface area contributed by atoms with Crippen LogP contribution >= 0.6 is 19.2 Å². The molecule has 0 spiro atoms. The Balaban J connectivity index is 1.85. The number of carbonyl (C=O) groups excluding carboxylic acids is 3. The molecule has 3 aromatic heterocycles. The Morgan fingerprint density at radius 1 is 1.02 bits per heavy atom. The first-order valence-corrected chi connectivity index (χ1v) is 18.8. The number of nitrogens with zero attached hydrogens (tertiary/aromatic N) is 5. The normalized spacial score (nSPS) is 12.5. The largest absolute Gasteiger partial charge is 0.357 e. The van der Waals surface area contributed by atoms with Crippen LogP contribution in [0.5, 0.6) is 0 Å². The maximum Gasteiger partial charge on any atom is 0.357 e. The molecule has 1 N–H and O–H groups in total. The van der Waals surface area contributed by atoms with Crippen LogP contribution in [0.4, 0.5) is 5.69 Å². The van der Waals surface area contributed by atoms with Gasteiger partial charge >= 0.3 is 7.60 Å². The number of pyridine rings is 1. The fourth-order valence-corrected chi connectivity index (χ4v) is 8.70. The van der Waals surface area contributed by atoms with Crippen LogP contribution in [-0.4, -0.2) is 82.6 Å². The molecule has 0 aliphatic carbocycles. The third-order valence-electron chi connectivity index (χ3n) is 7.56.